The molecule has 1 saturated heterocycles. The Morgan fingerprint density at radius 2 is 1.86 bits per heavy atom. The molecule has 2 rings (SSSR count). The minimum atomic E-state index is -0.112. The summed E-state index contributed by atoms with van der Waals surface area (Å²) in [6.45, 7) is 4.29. The highest BCUT2D eigenvalue weighted by Crippen LogP contribution is 2.08. The van der Waals surface area contributed by atoms with Crippen molar-refractivity contribution in [1.29, 1.82) is 0 Å². The highest BCUT2D eigenvalue weighted by atomic mass is 32.1. The van der Waals surface area contributed by atoms with E-state index in [4.69, 9.17) is 0 Å². The maximum absolute atomic E-state index is 11.7. The lowest BCUT2D eigenvalue weighted by atomic mass is 10.2. The van der Waals surface area contributed by atoms with Gasteiger partial charge in [-0.2, -0.15) is 11.3 Å². The van der Waals surface area contributed by atoms with Crippen LogP contribution in [0.5, 0.6) is 0 Å². The summed E-state index contributed by atoms with van der Waals surface area (Å²) in [5, 5.41) is 9.36. The third kappa shape index (κ3) is 6.15. The molecule has 1 aliphatic heterocycles. The molecule has 2 heterocycles. The molecule has 22 heavy (non-hydrogen) atoms. The molecule has 0 atom stereocenters. The van der Waals surface area contributed by atoms with Crippen molar-refractivity contribution in [3.8, 4) is 0 Å². The molecule has 0 aromatic carbocycles. The van der Waals surface area contributed by atoms with Crippen molar-refractivity contribution in [2.45, 2.75) is 32.1 Å². The molecule has 0 saturated carbocycles. The Bertz CT molecular complexity index is 454. The number of carbonyl (C=O) groups excluding carboxylic acids is 2. The SMILES string of the molecule is O=C(CCNC(=O)c1ccsc1)NCCN1CCCCCC1. The van der Waals surface area contributed by atoms with Crippen LogP contribution in [0.3, 0.4) is 0 Å². The number of nitrogens with zero attached hydrogens (tertiary/aromatic N) is 1. The number of nitrogens with one attached hydrogen (secondary N) is 2. The highest BCUT2D eigenvalue weighted by Gasteiger charge is 2.09. The first-order chi connectivity index (χ1) is 10.8. The molecule has 0 spiro atoms. The molecular formula is C16H25N3O2S. The van der Waals surface area contributed by atoms with Gasteiger partial charge in [0.2, 0.25) is 5.91 Å². The van der Waals surface area contributed by atoms with Gasteiger partial charge in [-0.25, -0.2) is 0 Å². The smallest absolute Gasteiger partial charge is 0.252 e. The topological polar surface area (TPSA) is 61.4 Å². The Balaban J connectivity index is 1.53. The van der Waals surface area contributed by atoms with Crippen molar-refractivity contribution >= 4 is 23.2 Å². The zero-order valence-corrected chi connectivity index (χ0v) is 13.8. The van der Waals surface area contributed by atoms with Gasteiger partial charge in [0.15, 0.2) is 0 Å². The lowest BCUT2D eigenvalue weighted by Gasteiger charge is -2.19. The molecule has 1 aliphatic rings. The summed E-state index contributed by atoms with van der Waals surface area (Å²) in [7, 11) is 0. The minimum absolute atomic E-state index is 0.000408. The van der Waals surface area contributed by atoms with Gasteiger partial charge in [0, 0.05) is 37.0 Å². The molecule has 5 nitrogen and oxygen atoms in total. The molecule has 2 N–H and O–H groups in total. The van der Waals surface area contributed by atoms with Crippen LogP contribution in [0, 0.1) is 0 Å². The fraction of sp³-hybridized carbons (Fsp3) is 0.625. The number of carbonyl (C=O) groups is 2. The molecule has 0 aliphatic carbocycles. The average molecular weight is 323 g/mol. The summed E-state index contributed by atoms with van der Waals surface area (Å²) in [5.41, 5.74) is 0.659. The normalized spacial score (nSPS) is 16.0. The van der Waals surface area contributed by atoms with Crippen LogP contribution in [0.15, 0.2) is 16.8 Å². The van der Waals surface area contributed by atoms with Crippen molar-refractivity contribution in [2.24, 2.45) is 0 Å². The van der Waals surface area contributed by atoms with Gasteiger partial charge in [0.25, 0.3) is 5.91 Å². The Kier molecular flexibility index (Phi) is 7.39. The molecule has 0 radical (unpaired) electrons. The summed E-state index contributed by atoms with van der Waals surface area (Å²) in [4.78, 5) is 25.9. The second-order valence-corrected chi connectivity index (χ2v) is 6.40. The summed E-state index contributed by atoms with van der Waals surface area (Å²) >= 11 is 1.49. The highest BCUT2D eigenvalue weighted by molar-refractivity contribution is 7.08. The molecule has 6 heteroatoms. The van der Waals surface area contributed by atoms with E-state index in [0.29, 0.717) is 25.1 Å². The van der Waals surface area contributed by atoms with Crippen LogP contribution >= 0.6 is 11.3 Å². The molecular weight excluding hydrogens is 298 g/mol. The van der Waals surface area contributed by atoms with Crippen molar-refractivity contribution < 1.29 is 9.59 Å². The lowest BCUT2D eigenvalue weighted by Crippen LogP contribution is -2.36. The number of amides is 2. The monoisotopic (exact) mass is 323 g/mol. The molecule has 0 unspecified atom stereocenters. The molecule has 1 fully saturated rings. The number of likely N-dealkylation sites (tertiary alicyclic amines) is 1. The van der Waals surface area contributed by atoms with E-state index < -0.39 is 0 Å². The summed E-state index contributed by atoms with van der Waals surface area (Å²) in [6.07, 6.45) is 5.51. The minimum Gasteiger partial charge on any atom is -0.355 e. The number of rotatable bonds is 7. The fourth-order valence-electron chi connectivity index (χ4n) is 2.59. The van der Waals surface area contributed by atoms with Gasteiger partial charge >= 0.3 is 0 Å². The Morgan fingerprint density at radius 3 is 2.55 bits per heavy atom. The van der Waals surface area contributed by atoms with Gasteiger partial charge in [-0.05, 0) is 37.4 Å². The van der Waals surface area contributed by atoms with E-state index in [2.05, 4.69) is 15.5 Å². The van der Waals surface area contributed by atoms with Crippen LogP contribution in [0.2, 0.25) is 0 Å². The largest absolute Gasteiger partial charge is 0.355 e. The van der Waals surface area contributed by atoms with Gasteiger partial charge in [-0.15, -0.1) is 0 Å². The summed E-state index contributed by atoms with van der Waals surface area (Å²) in [5.74, 6) is -0.112. The molecule has 122 valence electrons. The van der Waals surface area contributed by atoms with E-state index in [0.717, 1.165) is 19.6 Å². The first kappa shape index (κ1) is 17.0. The maximum Gasteiger partial charge on any atom is 0.252 e. The number of hydrogen-bond donors (Lipinski definition) is 2. The number of thiophene rings is 1. The fourth-order valence-corrected chi connectivity index (χ4v) is 3.22. The van der Waals surface area contributed by atoms with Crippen molar-refractivity contribution in [3.05, 3.63) is 22.4 Å². The van der Waals surface area contributed by atoms with Gasteiger partial charge in [-0.1, -0.05) is 12.8 Å². The van der Waals surface area contributed by atoms with Crippen LogP contribution < -0.4 is 10.6 Å². The maximum atomic E-state index is 11.7. The van der Waals surface area contributed by atoms with Gasteiger partial charge in [0.05, 0.1) is 0 Å². The first-order valence-electron chi connectivity index (χ1n) is 8.05. The van der Waals surface area contributed by atoms with Crippen molar-refractivity contribution in [3.63, 3.8) is 0 Å². The van der Waals surface area contributed by atoms with Crippen molar-refractivity contribution in [2.75, 3.05) is 32.7 Å². The van der Waals surface area contributed by atoms with E-state index in [-0.39, 0.29) is 11.8 Å². The van der Waals surface area contributed by atoms with Crippen LogP contribution in [0.1, 0.15) is 42.5 Å². The van der Waals surface area contributed by atoms with Crippen LogP contribution in [0.4, 0.5) is 0 Å². The van der Waals surface area contributed by atoms with E-state index in [9.17, 15) is 9.59 Å². The quantitative estimate of drug-likeness (QED) is 0.805. The van der Waals surface area contributed by atoms with Crippen LogP contribution in [-0.4, -0.2) is 49.4 Å². The van der Waals surface area contributed by atoms with E-state index in [1.54, 1.807) is 11.4 Å². The van der Waals surface area contributed by atoms with E-state index in [1.165, 1.54) is 37.0 Å². The second kappa shape index (κ2) is 9.58. The predicted molar refractivity (Wildman–Crippen MR) is 89.2 cm³/mol. The third-order valence-electron chi connectivity index (χ3n) is 3.87. The second-order valence-electron chi connectivity index (χ2n) is 5.62. The average Bonchev–Trinajstić information content (AvgIpc) is 2.93. The molecule has 1 aromatic rings. The van der Waals surface area contributed by atoms with Gasteiger partial charge < -0.3 is 15.5 Å². The summed E-state index contributed by atoms with van der Waals surface area (Å²) < 4.78 is 0. The van der Waals surface area contributed by atoms with Crippen molar-refractivity contribution in [1.82, 2.24) is 15.5 Å². The molecule has 2 amide bonds. The Labute approximate surface area is 136 Å². The zero-order chi connectivity index (χ0) is 15.6. The van der Waals surface area contributed by atoms with Gasteiger partial charge in [-0.3, -0.25) is 9.59 Å². The molecule has 0 bridgehead atoms. The van der Waals surface area contributed by atoms with Crippen LogP contribution in [-0.2, 0) is 4.79 Å². The predicted octanol–water partition coefficient (Wildman–Crippen LogP) is 1.86. The van der Waals surface area contributed by atoms with Crippen LogP contribution in [0.25, 0.3) is 0 Å². The molecule has 1 aromatic heterocycles. The number of hydrogen-bond acceptors (Lipinski definition) is 4. The summed E-state index contributed by atoms with van der Waals surface area (Å²) in [6, 6.07) is 1.78. The van der Waals surface area contributed by atoms with E-state index in [1.807, 2.05) is 5.38 Å². The third-order valence-corrected chi connectivity index (χ3v) is 4.55. The van der Waals surface area contributed by atoms with Gasteiger partial charge in [0.1, 0.15) is 0 Å². The van der Waals surface area contributed by atoms with E-state index >= 15 is 0 Å². The Morgan fingerprint density at radius 1 is 1.09 bits per heavy atom. The lowest BCUT2D eigenvalue weighted by molar-refractivity contribution is -0.121. The Hall–Kier alpha value is -1.40. The standard InChI is InChI=1S/C16H25N3O2S/c20-15(5-7-18-16(21)14-6-12-22-13-14)17-8-11-19-9-3-1-2-4-10-19/h6,12-13H,1-5,7-11H2,(H,17,20)(H,18,21). The first-order valence-corrected chi connectivity index (χ1v) is 8.99. The zero-order valence-electron chi connectivity index (χ0n) is 13.0.